The van der Waals surface area contributed by atoms with E-state index >= 15 is 0 Å². The lowest BCUT2D eigenvalue weighted by molar-refractivity contribution is -0.138. The van der Waals surface area contributed by atoms with Crippen LogP contribution in [0.1, 0.15) is 20.3 Å². The number of aliphatic carboxylic acids is 1. The molecule has 1 atom stereocenters. The molecule has 0 unspecified atom stereocenters. The fraction of sp³-hybridized carbons (Fsp3) is 0.625. The van der Waals surface area contributed by atoms with E-state index in [1.807, 2.05) is 19.1 Å². The zero-order valence-corrected chi connectivity index (χ0v) is 7.00. The van der Waals surface area contributed by atoms with Crippen LogP contribution in [0.25, 0.3) is 0 Å². The average Bonchev–Trinajstić information content (AvgIpc) is 1.97. The van der Waals surface area contributed by atoms with E-state index in [1.54, 1.807) is 6.92 Å². The van der Waals surface area contributed by atoms with Gasteiger partial charge < -0.3 is 10.4 Å². The van der Waals surface area contributed by atoms with Crippen LogP contribution in [0, 0.1) is 0 Å². The highest BCUT2D eigenvalue weighted by Gasteiger charge is 2.06. The molecular weight excluding hydrogens is 142 g/mol. The van der Waals surface area contributed by atoms with E-state index in [-0.39, 0.29) is 0 Å². The number of carboxylic acid groups (broad SMARTS) is 1. The predicted octanol–water partition coefficient (Wildman–Crippen LogP) is 1.02. The van der Waals surface area contributed by atoms with Crippen LogP contribution in [-0.4, -0.2) is 23.7 Å². The van der Waals surface area contributed by atoms with Gasteiger partial charge in [-0.05, 0) is 13.3 Å². The Bertz CT molecular complexity index is 143. The van der Waals surface area contributed by atoms with Gasteiger partial charge in [-0.1, -0.05) is 19.1 Å². The van der Waals surface area contributed by atoms with Gasteiger partial charge >= 0.3 is 5.97 Å². The van der Waals surface area contributed by atoms with Crippen molar-refractivity contribution in [3.63, 3.8) is 0 Å². The van der Waals surface area contributed by atoms with Crippen molar-refractivity contribution in [2.24, 2.45) is 0 Å². The molecule has 0 radical (unpaired) electrons. The third-order valence-corrected chi connectivity index (χ3v) is 1.31. The molecule has 0 rings (SSSR count). The summed E-state index contributed by atoms with van der Waals surface area (Å²) in [6.45, 7) is 4.29. The molecule has 0 heterocycles. The van der Waals surface area contributed by atoms with Crippen LogP contribution < -0.4 is 5.32 Å². The van der Waals surface area contributed by atoms with E-state index in [0.717, 1.165) is 6.42 Å². The van der Waals surface area contributed by atoms with Gasteiger partial charge in [-0.25, -0.2) is 0 Å². The first-order valence-corrected chi connectivity index (χ1v) is 3.79. The van der Waals surface area contributed by atoms with Crippen molar-refractivity contribution in [3.8, 4) is 0 Å². The third kappa shape index (κ3) is 5.61. The quantitative estimate of drug-likeness (QED) is 0.586. The Morgan fingerprint density at radius 1 is 1.64 bits per heavy atom. The molecule has 3 nitrogen and oxygen atoms in total. The zero-order chi connectivity index (χ0) is 8.69. The fourth-order valence-electron chi connectivity index (χ4n) is 0.582. The molecule has 2 N–H and O–H groups in total. The summed E-state index contributed by atoms with van der Waals surface area (Å²) < 4.78 is 0. The van der Waals surface area contributed by atoms with E-state index in [9.17, 15) is 4.79 Å². The fourth-order valence-corrected chi connectivity index (χ4v) is 0.582. The Morgan fingerprint density at radius 3 is 2.73 bits per heavy atom. The Balaban J connectivity index is 3.38. The summed E-state index contributed by atoms with van der Waals surface area (Å²) in [6.07, 6.45) is 4.92. The van der Waals surface area contributed by atoms with Gasteiger partial charge in [0.1, 0.15) is 6.04 Å². The molecule has 0 saturated heterocycles. The van der Waals surface area contributed by atoms with Gasteiger partial charge in [-0.3, -0.25) is 4.79 Å². The topological polar surface area (TPSA) is 49.3 Å². The number of hydrogen-bond acceptors (Lipinski definition) is 2. The lowest BCUT2D eigenvalue weighted by Gasteiger charge is -2.04. The van der Waals surface area contributed by atoms with E-state index in [2.05, 4.69) is 5.32 Å². The molecule has 0 saturated carbocycles. The molecule has 0 aromatic carbocycles. The summed E-state index contributed by atoms with van der Waals surface area (Å²) in [6, 6.07) is -0.462. The molecule has 0 aliphatic carbocycles. The standard InChI is InChI=1S/C8H15NO2/c1-3-4-5-6-9-7(2)8(10)11/h4-5,7,9H,3,6H2,1-2H3,(H,10,11)/t7-/m0/s1. The van der Waals surface area contributed by atoms with E-state index in [1.165, 1.54) is 0 Å². The molecule has 0 fully saturated rings. The third-order valence-electron chi connectivity index (χ3n) is 1.31. The van der Waals surface area contributed by atoms with Crippen molar-refractivity contribution in [1.29, 1.82) is 0 Å². The number of carboxylic acids is 1. The van der Waals surface area contributed by atoms with Crippen molar-refractivity contribution in [3.05, 3.63) is 12.2 Å². The SMILES string of the molecule is CCC=CCN[C@@H](C)C(=O)O. The molecule has 0 bridgehead atoms. The van der Waals surface area contributed by atoms with Gasteiger partial charge in [0.05, 0.1) is 0 Å². The maximum Gasteiger partial charge on any atom is 0.320 e. The molecule has 0 aromatic rings. The lowest BCUT2D eigenvalue weighted by Crippen LogP contribution is -2.33. The smallest absolute Gasteiger partial charge is 0.320 e. The molecule has 64 valence electrons. The van der Waals surface area contributed by atoms with Gasteiger partial charge in [0, 0.05) is 6.54 Å². The van der Waals surface area contributed by atoms with Crippen molar-refractivity contribution in [1.82, 2.24) is 5.32 Å². The van der Waals surface area contributed by atoms with Crippen LogP contribution in [-0.2, 0) is 4.79 Å². The Hall–Kier alpha value is -0.830. The highest BCUT2D eigenvalue weighted by Crippen LogP contribution is 1.82. The van der Waals surface area contributed by atoms with Crippen molar-refractivity contribution in [2.75, 3.05) is 6.54 Å². The summed E-state index contributed by atoms with van der Waals surface area (Å²) in [5.41, 5.74) is 0. The van der Waals surface area contributed by atoms with Crippen LogP contribution in [0.15, 0.2) is 12.2 Å². The largest absolute Gasteiger partial charge is 0.480 e. The van der Waals surface area contributed by atoms with E-state index in [0.29, 0.717) is 6.54 Å². The molecule has 11 heavy (non-hydrogen) atoms. The number of hydrogen-bond donors (Lipinski definition) is 2. The summed E-state index contributed by atoms with van der Waals surface area (Å²) in [7, 11) is 0. The van der Waals surface area contributed by atoms with Crippen molar-refractivity contribution < 1.29 is 9.90 Å². The second kappa shape index (κ2) is 5.92. The first-order chi connectivity index (χ1) is 5.18. The van der Waals surface area contributed by atoms with Crippen LogP contribution >= 0.6 is 0 Å². The van der Waals surface area contributed by atoms with Crippen LogP contribution in [0.2, 0.25) is 0 Å². The second-order valence-corrected chi connectivity index (χ2v) is 2.35. The first-order valence-electron chi connectivity index (χ1n) is 3.79. The maximum absolute atomic E-state index is 10.3. The zero-order valence-electron chi connectivity index (χ0n) is 7.00. The molecule has 0 aliphatic heterocycles. The minimum atomic E-state index is -0.810. The minimum Gasteiger partial charge on any atom is -0.480 e. The Kier molecular flexibility index (Phi) is 5.47. The summed E-state index contributed by atoms with van der Waals surface area (Å²) >= 11 is 0. The van der Waals surface area contributed by atoms with Crippen molar-refractivity contribution >= 4 is 5.97 Å². The normalized spacial score (nSPS) is 13.6. The number of rotatable bonds is 5. The van der Waals surface area contributed by atoms with Gasteiger partial charge in [-0.2, -0.15) is 0 Å². The van der Waals surface area contributed by atoms with Crippen LogP contribution in [0.4, 0.5) is 0 Å². The Labute approximate surface area is 67.1 Å². The van der Waals surface area contributed by atoms with Gasteiger partial charge in [0.25, 0.3) is 0 Å². The monoisotopic (exact) mass is 157 g/mol. The molecule has 3 heteroatoms. The van der Waals surface area contributed by atoms with E-state index < -0.39 is 12.0 Å². The highest BCUT2D eigenvalue weighted by atomic mass is 16.4. The van der Waals surface area contributed by atoms with Gasteiger partial charge in [0.15, 0.2) is 0 Å². The predicted molar refractivity (Wildman–Crippen MR) is 44.5 cm³/mol. The maximum atomic E-state index is 10.3. The van der Waals surface area contributed by atoms with Crippen LogP contribution in [0.5, 0.6) is 0 Å². The van der Waals surface area contributed by atoms with Gasteiger partial charge in [0.2, 0.25) is 0 Å². The molecule has 0 spiro atoms. The Morgan fingerprint density at radius 2 is 2.27 bits per heavy atom. The molecule has 0 amide bonds. The highest BCUT2D eigenvalue weighted by molar-refractivity contribution is 5.72. The first kappa shape index (κ1) is 10.2. The van der Waals surface area contributed by atoms with Gasteiger partial charge in [-0.15, -0.1) is 0 Å². The lowest BCUT2D eigenvalue weighted by atomic mass is 10.3. The molecule has 0 aromatic heterocycles. The molecular formula is C8H15NO2. The number of carbonyl (C=O) groups is 1. The average molecular weight is 157 g/mol. The summed E-state index contributed by atoms with van der Waals surface area (Å²) in [5, 5.41) is 11.3. The minimum absolute atomic E-state index is 0.462. The summed E-state index contributed by atoms with van der Waals surface area (Å²) in [5.74, 6) is -0.810. The number of nitrogens with one attached hydrogen (secondary N) is 1. The number of allylic oxidation sites excluding steroid dienone is 1. The van der Waals surface area contributed by atoms with Crippen LogP contribution in [0.3, 0.4) is 0 Å². The second-order valence-electron chi connectivity index (χ2n) is 2.35. The van der Waals surface area contributed by atoms with Crippen molar-refractivity contribution in [2.45, 2.75) is 26.3 Å². The molecule has 0 aliphatic rings. The summed E-state index contributed by atoms with van der Waals surface area (Å²) in [4.78, 5) is 10.3. The van der Waals surface area contributed by atoms with E-state index in [4.69, 9.17) is 5.11 Å².